The third-order valence-electron chi connectivity index (χ3n) is 2.58. The topological polar surface area (TPSA) is 29.1 Å². The highest BCUT2D eigenvalue weighted by Crippen LogP contribution is 2.09. The van der Waals surface area contributed by atoms with Crippen LogP contribution in [-0.4, -0.2) is 12.5 Å². The predicted octanol–water partition coefficient (Wildman–Crippen LogP) is 3.47. The molecule has 0 fully saturated rings. The number of carbonyl (C=O) groups is 1. The Kier molecular flexibility index (Phi) is 11.1. The number of rotatable bonds is 10. The number of hydrogen-bond acceptors (Lipinski definition) is 1. The number of carbonyl (C=O) groups excluding carboxylic acids is 1. The van der Waals surface area contributed by atoms with Crippen LogP contribution in [0, 0.1) is 6.92 Å². The monoisotopic (exact) mass is 212 g/mol. The smallest absolute Gasteiger partial charge is 0.219 e. The molecule has 0 aliphatic heterocycles. The van der Waals surface area contributed by atoms with E-state index in [1.54, 1.807) is 0 Å². The molecule has 0 aromatic carbocycles. The molecule has 0 aromatic heterocycles. The summed E-state index contributed by atoms with van der Waals surface area (Å²) >= 11 is 0. The van der Waals surface area contributed by atoms with Crippen molar-refractivity contribution in [2.24, 2.45) is 0 Å². The molecule has 0 unspecified atom stereocenters. The third kappa shape index (κ3) is 11.4. The Morgan fingerprint density at radius 3 is 2.07 bits per heavy atom. The fourth-order valence-corrected chi connectivity index (χ4v) is 1.65. The molecule has 0 aliphatic carbocycles. The summed E-state index contributed by atoms with van der Waals surface area (Å²) in [5.41, 5.74) is 0. The molecule has 0 saturated heterocycles. The van der Waals surface area contributed by atoms with Crippen LogP contribution in [0.15, 0.2) is 0 Å². The Morgan fingerprint density at radius 1 is 1.00 bits per heavy atom. The van der Waals surface area contributed by atoms with E-state index >= 15 is 0 Å². The number of unbranched alkanes of at least 4 members (excludes halogenated alkanes) is 7. The van der Waals surface area contributed by atoms with Gasteiger partial charge in [-0.2, -0.15) is 0 Å². The van der Waals surface area contributed by atoms with Gasteiger partial charge in [0.15, 0.2) is 0 Å². The van der Waals surface area contributed by atoms with Crippen LogP contribution in [0.1, 0.15) is 64.7 Å². The lowest BCUT2D eigenvalue weighted by Crippen LogP contribution is -2.22. The SMILES string of the molecule is [CH2]CNC(=O)CCCCCCCCCC. The average Bonchev–Trinajstić information content (AvgIpc) is 2.22. The van der Waals surface area contributed by atoms with Crippen molar-refractivity contribution in [3.63, 3.8) is 0 Å². The molecule has 1 amide bonds. The van der Waals surface area contributed by atoms with Crippen molar-refractivity contribution in [1.29, 1.82) is 0 Å². The fraction of sp³-hybridized carbons (Fsp3) is 0.846. The molecule has 0 aromatic rings. The Balaban J connectivity index is 3.01. The lowest BCUT2D eigenvalue weighted by atomic mass is 10.1. The predicted molar refractivity (Wildman–Crippen MR) is 65.6 cm³/mol. The van der Waals surface area contributed by atoms with Gasteiger partial charge in [-0.05, 0) is 13.3 Å². The molecule has 89 valence electrons. The summed E-state index contributed by atoms with van der Waals surface area (Å²) in [6.45, 7) is 6.33. The summed E-state index contributed by atoms with van der Waals surface area (Å²) < 4.78 is 0. The van der Waals surface area contributed by atoms with E-state index in [9.17, 15) is 4.79 Å². The molecular formula is C13H26NO. The van der Waals surface area contributed by atoms with Crippen molar-refractivity contribution in [2.45, 2.75) is 64.7 Å². The van der Waals surface area contributed by atoms with Gasteiger partial charge in [0.1, 0.15) is 0 Å². The third-order valence-corrected chi connectivity index (χ3v) is 2.58. The fourth-order valence-electron chi connectivity index (χ4n) is 1.65. The zero-order valence-electron chi connectivity index (χ0n) is 10.2. The molecule has 2 nitrogen and oxygen atoms in total. The lowest BCUT2D eigenvalue weighted by molar-refractivity contribution is -0.121. The Bertz CT molecular complexity index is 145. The van der Waals surface area contributed by atoms with Crippen LogP contribution < -0.4 is 5.32 Å². The molecule has 0 rings (SSSR count). The molecule has 0 bridgehead atoms. The summed E-state index contributed by atoms with van der Waals surface area (Å²) in [4.78, 5) is 11.1. The van der Waals surface area contributed by atoms with Crippen molar-refractivity contribution in [3.05, 3.63) is 6.92 Å². The van der Waals surface area contributed by atoms with Crippen LogP contribution in [0.2, 0.25) is 0 Å². The van der Waals surface area contributed by atoms with E-state index in [1.807, 2.05) is 0 Å². The molecule has 2 heteroatoms. The zero-order chi connectivity index (χ0) is 11.4. The number of nitrogens with one attached hydrogen (secondary N) is 1. The quantitative estimate of drug-likeness (QED) is 0.552. The molecule has 15 heavy (non-hydrogen) atoms. The molecule has 0 aliphatic rings. The maximum absolute atomic E-state index is 11.1. The van der Waals surface area contributed by atoms with Crippen LogP contribution >= 0.6 is 0 Å². The maximum atomic E-state index is 11.1. The molecule has 1 N–H and O–H groups in total. The van der Waals surface area contributed by atoms with Crippen LogP contribution in [0.3, 0.4) is 0 Å². The van der Waals surface area contributed by atoms with Gasteiger partial charge in [-0.1, -0.05) is 51.9 Å². The van der Waals surface area contributed by atoms with Crippen molar-refractivity contribution < 1.29 is 4.79 Å². The lowest BCUT2D eigenvalue weighted by Gasteiger charge is -2.02. The van der Waals surface area contributed by atoms with Crippen molar-refractivity contribution in [2.75, 3.05) is 6.54 Å². The molecule has 0 atom stereocenters. The zero-order valence-corrected chi connectivity index (χ0v) is 10.2. The minimum atomic E-state index is 0.149. The second-order valence-electron chi connectivity index (χ2n) is 4.07. The summed E-state index contributed by atoms with van der Waals surface area (Å²) in [6.07, 6.45) is 10.9. The van der Waals surface area contributed by atoms with E-state index in [0.717, 1.165) is 6.42 Å². The van der Waals surface area contributed by atoms with E-state index in [0.29, 0.717) is 13.0 Å². The highest BCUT2D eigenvalue weighted by Gasteiger charge is 1.98. The Labute approximate surface area is 94.8 Å². The second-order valence-corrected chi connectivity index (χ2v) is 4.07. The molecule has 0 heterocycles. The summed E-state index contributed by atoms with van der Waals surface area (Å²) in [5, 5.41) is 2.71. The van der Waals surface area contributed by atoms with Gasteiger partial charge in [-0.25, -0.2) is 0 Å². The normalized spacial score (nSPS) is 10.3. The molecule has 0 spiro atoms. The van der Waals surface area contributed by atoms with E-state index in [4.69, 9.17) is 0 Å². The van der Waals surface area contributed by atoms with Crippen molar-refractivity contribution >= 4 is 5.91 Å². The van der Waals surface area contributed by atoms with E-state index in [-0.39, 0.29) is 5.91 Å². The molecular weight excluding hydrogens is 186 g/mol. The Hall–Kier alpha value is -0.530. The first-order chi connectivity index (χ1) is 7.31. The Morgan fingerprint density at radius 2 is 1.53 bits per heavy atom. The van der Waals surface area contributed by atoms with Gasteiger partial charge in [-0.15, -0.1) is 0 Å². The van der Waals surface area contributed by atoms with Gasteiger partial charge >= 0.3 is 0 Å². The van der Waals surface area contributed by atoms with Crippen LogP contribution in [-0.2, 0) is 4.79 Å². The van der Waals surface area contributed by atoms with Crippen LogP contribution in [0.4, 0.5) is 0 Å². The summed E-state index contributed by atoms with van der Waals surface area (Å²) in [6, 6.07) is 0. The van der Waals surface area contributed by atoms with E-state index < -0.39 is 0 Å². The van der Waals surface area contributed by atoms with E-state index in [2.05, 4.69) is 19.2 Å². The molecule has 0 saturated carbocycles. The first-order valence-corrected chi connectivity index (χ1v) is 6.37. The van der Waals surface area contributed by atoms with Gasteiger partial charge < -0.3 is 5.32 Å². The average molecular weight is 212 g/mol. The van der Waals surface area contributed by atoms with Gasteiger partial charge in [-0.3, -0.25) is 4.79 Å². The largest absolute Gasteiger partial charge is 0.356 e. The number of hydrogen-bond donors (Lipinski definition) is 1. The standard InChI is InChI=1S/C13H26NO/c1-3-5-6-7-8-9-10-11-12-13(15)14-4-2/h2-12H2,1H3,(H,14,15). The van der Waals surface area contributed by atoms with Crippen molar-refractivity contribution in [3.8, 4) is 0 Å². The number of amides is 1. The first kappa shape index (κ1) is 14.5. The van der Waals surface area contributed by atoms with Crippen LogP contribution in [0.5, 0.6) is 0 Å². The minimum Gasteiger partial charge on any atom is -0.356 e. The van der Waals surface area contributed by atoms with Gasteiger partial charge in [0.05, 0.1) is 0 Å². The molecule has 1 radical (unpaired) electrons. The highest BCUT2D eigenvalue weighted by atomic mass is 16.1. The second kappa shape index (κ2) is 11.5. The minimum absolute atomic E-state index is 0.149. The highest BCUT2D eigenvalue weighted by molar-refractivity contribution is 5.75. The van der Waals surface area contributed by atoms with Crippen LogP contribution in [0.25, 0.3) is 0 Å². The van der Waals surface area contributed by atoms with Crippen molar-refractivity contribution in [1.82, 2.24) is 5.32 Å². The van der Waals surface area contributed by atoms with Gasteiger partial charge in [0.25, 0.3) is 0 Å². The van der Waals surface area contributed by atoms with Gasteiger partial charge in [0.2, 0.25) is 5.91 Å². The van der Waals surface area contributed by atoms with E-state index in [1.165, 1.54) is 44.9 Å². The summed E-state index contributed by atoms with van der Waals surface area (Å²) in [7, 11) is 0. The maximum Gasteiger partial charge on any atom is 0.219 e. The summed E-state index contributed by atoms with van der Waals surface area (Å²) in [5.74, 6) is 0.149. The van der Waals surface area contributed by atoms with Gasteiger partial charge in [0, 0.05) is 13.0 Å². The first-order valence-electron chi connectivity index (χ1n) is 6.37.